The third-order valence-electron chi connectivity index (χ3n) is 6.48. The summed E-state index contributed by atoms with van der Waals surface area (Å²) in [6.45, 7) is 0.686. The molecule has 3 aromatic carbocycles. The van der Waals surface area contributed by atoms with Gasteiger partial charge in [-0.3, -0.25) is 4.79 Å². The zero-order valence-electron chi connectivity index (χ0n) is 19.5. The molecule has 3 heterocycles. The number of H-pyrrole nitrogens is 1. The lowest BCUT2D eigenvalue weighted by Crippen LogP contribution is -2.22. The largest absolute Gasteiger partial charge is 0.454 e. The van der Waals surface area contributed by atoms with Gasteiger partial charge in [-0.25, -0.2) is 4.98 Å². The van der Waals surface area contributed by atoms with Gasteiger partial charge in [0.1, 0.15) is 0 Å². The van der Waals surface area contributed by atoms with Crippen molar-refractivity contribution in [3.8, 4) is 22.9 Å². The van der Waals surface area contributed by atoms with E-state index < -0.39 is 0 Å². The van der Waals surface area contributed by atoms with Crippen LogP contribution in [0.1, 0.15) is 24.0 Å². The third-order valence-corrected chi connectivity index (χ3v) is 6.72. The van der Waals surface area contributed by atoms with Gasteiger partial charge in [-0.1, -0.05) is 41.9 Å². The maximum absolute atomic E-state index is 12.6. The van der Waals surface area contributed by atoms with Gasteiger partial charge in [-0.2, -0.15) is 0 Å². The number of halogens is 1. The van der Waals surface area contributed by atoms with E-state index in [2.05, 4.69) is 22.4 Å². The average Bonchev–Trinajstić information content (AvgIpc) is 3.51. The summed E-state index contributed by atoms with van der Waals surface area (Å²) in [6.07, 6.45) is 1.84. The Kier molecular flexibility index (Phi) is 5.95. The van der Waals surface area contributed by atoms with Crippen LogP contribution in [0.5, 0.6) is 11.5 Å². The molecule has 0 spiro atoms. The third kappa shape index (κ3) is 4.48. The second-order valence-corrected chi connectivity index (χ2v) is 9.31. The average molecular weight is 498 g/mol. The lowest BCUT2D eigenvalue weighted by atomic mass is 10.0. The highest BCUT2D eigenvalue weighted by atomic mass is 35.5. The predicted octanol–water partition coefficient (Wildman–Crippen LogP) is 6.40. The number of nitrogens with one attached hydrogen (secondary N) is 2. The van der Waals surface area contributed by atoms with E-state index in [1.54, 1.807) is 0 Å². The number of aromatic amines is 1. The smallest absolute Gasteiger partial charge is 0.231 e. The van der Waals surface area contributed by atoms with Crippen molar-refractivity contribution in [3.63, 3.8) is 0 Å². The molecule has 36 heavy (non-hydrogen) atoms. The number of para-hydroxylation sites is 1. The van der Waals surface area contributed by atoms with Crippen LogP contribution in [0.3, 0.4) is 0 Å². The Morgan fingerprint density at radius 1 is 1.00 bits per heavy atom. The fraction of sp³-hybridized carbons (Fsp3) is 0.172. The summed E-state index contributed by atoms with van der Waals surface area (Å²) in [5, 5.41) is 5.85. The number of aryl methyl sites for hydroxylation is 1. The Balaban J connectivity index is 1.18. The van der Waals surface area contributed by atoms with Gasteiger partial charge in [0.2, 0.25) is 12.7 Å². The lowest BCUT2D eigenvalue weighted by Gasteiger charge is -2.08. The van der Waals surface area contributed by atoms with Crippen LogP contribution in [0.4, 0.5) is 0 Å². The maximum atomic E-state index is 12.6. The second kappa shape index (κ2) is 9.55. The van der Waals surface area contributed by atoms with Crippen LogP contribution in [0, 0.1) is 0 Å². The van der Waals surface area contributed by atoms with Crippen molar-refractivity contribution in [2.75, 3.05) is 6.79 Å². The normalized spacial score (nSPS) is 12.4. The number of ether oxygens (including phenoxy) is 2. The zero-order chi connectivity index (χ0) is 24.5. The van der Waals surface area contributed by atoms with Crippen molar-refractivity contribution in [1.82, 2.24) is 15.3 Å². The SMILES string of the molecule is O=C(CCCc1c(-c2ccc3ccccc3n2)[nH]c2ccc(Cl)cc12)NCc1ccc2c(c1)OCO2. The molecule has 0 saturated heterocycles. The Morgan fingerprint density at radius 2 is 1.89 bits per heavy atom. The van der Waals surface area contributed by atoms with E-state index in [4.69, 9.17) is 26.1 Å². The molecule has 0 unspecified atom stereocenters. The predicted molar refractivity (Wildman–Crippen MR) is 141 cm³/mol. The minimum Gasteiger partial charge on any atom is -0.454 e. The van der Waals surface area contributed by atoms with E-state index >= 15 is 0 Å². The summed E-state index contributed by atoms with van der Waals surface area (Å²) in [5.41, 5.74) is 5.90. The molecule has 2 aromatic heterocycles. The van der Waals surface area contributed by atoms with Crippen LogP contribution in [0.25, 0.3) is 33.2 Å². The molecule has 0 saturated carbocycles. The Hall–Kier alpha value is -4.03. The van der Waals surface area contributed by atoms with Gasteiger partial charge in [-0.15, -0.1) is 0 Å². The molecule has 0 atom stereocenters. The van der Waals surface area contributed by atoms with Crippen LogP contribution in [-0.2, 0) is 17.8 Å². The van der Waals surface area contributed by atoms with Crippen molar-refractivity contribution in [3.05, 3.63) is 88.9 Å². The van der Waals surface area contributed by atoms with Gasteiger partial charge >= 0.3 is 0 Å². The van der Waals surface area contributed by atoms with Crippen molar-refractivity contribution < 1.29 is 14.3 Å². The van der Waals surface area contributed by atoms with E-state index in [-0.39, 0.29) is 12.7 Å². The molecule has 0 radical (unpaired) electrons. The summed E-state index contributed by atoms with van der Waals surface area (Å²) in [5.74, 6) is 1.46. The molecular weight excluding hydrogens is 474 g/mol. The van der Waals surface area contributed by atoms with Crippen molar-refractivity contribution in [2.24, 2.45) is 0 Å². The summed E-state index contributed by atoms with van der Waals surface area (Å²) >= 11 is 6.33. The summed E-state index contributed by atoms with van der Waals surface area (Å²) < 4.78 is 10.8. The summed E-state index contributed by atoms with van der Waals surface area (Å²) in [4.78, 5) is 21.0. The number of aromatic nitrogens is 2. The number of carbonyl (C=O) groups excluding carboxylic acids is 1. The monoisotopic (exact) mass is 497 g/mol. The number of benzene rings is 3. The Bertz CT molecular complexity index is 1590. The van der Waals surface area contributed by atoms with E-state index in [9.17, 15) is 4.79 Å². The standard InChI is InChI=1S/C29H24ClN3O3/c30-20-10-12-24-22(15-20)21(29(33-24)25-11-9-19-4-1-2-6-23(19)32-25)5-3-7-28(34)31-16-18-8-13-26-27(14-18)36-17-35-26/h1-2,4,6,8-15,33H,3,5,7,16-17H2,(H,31,34). The number of nitrogens with zero attached hydrogens (tertiary/aromatic N) is 1. The molecular formula is C29H24ClN3O3. The first-order chi connectivity index (χ1) is 17.6. The van der Waals surface area contributed by atoms with Crippen LogP contribution in [0.15, 0.2) is 72.8 Å². The first kappa shape index (κ1) is 22.4. The van der Waals surface area contributed by atoms with Gasteiger partial charge < -0.3 is 19.8 Å². The van der Waals surface area contributed by atoms with Crippen LogP contribution in [0.2, 0.25) is 5.02 Å². The number of carbonyl (C=O) groups is 1. The van der Waals surface area contributed by atoms with Crippen molar-refractivity contribution in [1.29, 1.82) is 0 Å². The summed E-state index contributed by atoms with van der Waals surface area (Å²) in [7, 11) is 0. The number of amides is 1. The Labute approximate surface area is 213 Å². The van der Waals surface area contributed by atoms with E-state index in [0.29, 0.717) is 24.4 Å². The number of rotatable bonds is 7. The lowest BCUT2D eigenvalue weighted by molar-refractivity contribution is -0.121. The minimum atomic E-state index is 0.0101. The fourth-order valence-electron chi connectivity index (χ4n) is 4.67. The highest BCUT2D eigenvalue weighted by Crippen LogP contribution is 2.34. The molecule has 0 bridgehead atoms. The van der Waals surface area contributed by atoms with Gasteiger partial charge in [0.05, 0.1) is 16.9 Å². The second-order valence-electron chi connectivity index (χ2n) is 8.88. The molecule has 1 aliphatic heterocycles. The van der Waals surface area contributed by atoms with Gasteiger partial charge in [-0.05, 0) is 66.4 Å². The van der Waals surface area contributed by atoms with Crippen LogP contribution < -0.4 is 14.8 Å². The van der Waals surface area contributed by atoms with Gasteiger partial charge in [0.25, 0.3) is 0 Å². The Morgan fingerprint density at radius 3 is 2.83 bits per heavy atom. The number of pyridine rings is 1. The number of hydrogen-bond donors (Lipinski definition) is 2. The van der Waals surface area contributed by atoms with E-state index in [0.717, 1.165) is 62.2 Å². The number of fused-ring (bicyclic) bond motifs is 3. The molecule has 7 heteroatoms. The van der Waals surface area contributed by atoms with Gasteiger partial charge in [0, 0.05) is 34.3 Å². The summed E-state index contributed by atoms with van der Waals surface area (Å²) in [6, 6.07) is 23.8. The highest BCUT2D eigenvalue weighted by molar-refractivity contribution is 6.31. The topological polar surface area (TPSA) is 76.2 Å². The van der Waals surface area contributed by atoms with Crippen LogP contribution >= 0.6 is 11.6 Å². The van der Waals surface area contributed by atoms with Gasteiger partial charge in [0.15, 0.2) is 11.5 Å². The molecule has 180 valence electrons. The first-order valence-corrected chi connectivity index (χ1v) is 12.3. The van der Waals surface area contributed by atoms with Crippen molar-refractivity contribution >= 4 is 39.3 Å². The number of hydrogen-bond acceptors (Lipinski definition) is 4. The molecule has 0 aliphatic carbocycles. The molecule has 1 aliphatic rings. The molecule has 0 fully saturated rings. The van der Waals surface area contributed by atoms with Crippen molar-refractivity contribution in [2.45, 2.75) is 25.8 Å². The fourth-order valence-corrected chi connectivity index (χ4v) is 4.84. The highest BCUT2D eigenvalue weighted by Gasteiger charge is 2.16. The molecule has 1 amide bonds. The van der Waals surface area contributed by atoms with E-state index in [1.807, 2.05) is 60.7 Å². The van der Waals surface area contributed by atoms with E-state index in [1.165, 1.54) is 0 Å². The first-order valence-electron chi connectivity index (χ1n) is 12.0. The molecule has 6 nitrogen and oxygen atoms in total. The molecule has 5 aromatic rings. The molecule has 6 rings (SSSR count). The molecule has 2 N–H and O–H groups in total. The minimum absolute atomic E-state index is 0.0101. The maximum Gasteiger partial charge on any atom is 0.231 e. The zero-order valence-corrected chi connectivity index (χ0v) is 20.3. The van der Waals surface area contributed by atoms with Crippen LogP contribution in [-0.4, -0.2) is 22.7 Å². The quantitative estimate of drug-likeness (QED) is 0.272.